The lowest BCUT2D eigenvalue weighted by atomic mass is 10.4. The molecule has 0 rings (SSSR count). The van der Waals surface area contributed by atoms with Crippen LogP contribution >= 0.6 is 7.80 Å². The standard InChI is InChI=1S/C7H10NO6P/c1-14-7(12)8-5(6(10)11)2-3-15(13)4-9/h2,9H,3-4H2,1H3,(H-,8,10,11,12)/p+1/b5-2+. The molecule has 0 aromatic rings. The van der Waals surface area contributed by atoms with Gasteiger partial charge in [0.2, 0.25) is 6.35 Å². The monoisotopic (exact) mass is 236 g/mol. The number of carboxylic acids is 1. The summed E-state index contributed by atoms with van der Waals surface area (Å²) in [6.45, 7) is 0. The molecule has 15 heavy (non-hydrogen) atoms. The molecule has 1 atom stereocenters. The summed E-state index contributed by atoms with van der Waals surface area (Å²) >= 11 is 0. The maximum atomic E-state index is 10.8. The molecule has 0 aromatic heterocycles. The number of hydrogen-bond donors (Lipinski definition) is 3. The largest absolute Gasteiger partial charge is 0.477 e. The summed E-state index contributed by atoms with van der Waals surface area (Å²) in [7, 11) is -0.805. The third-order valence-corrected chi connectivity index (χ3v) is 2.21. The van der Waals surface area contributed by atoms with Gasteiger partial charge in [0.1, 0.15) is 5.70 Å². The predicted molar refractivity (Wildman–Crippen MR) is 50.8 cm³/mol. The summed E-state index contributed by atoms with van der Waals surface area (Å²) in [6.07, 6.45) is -0.536. The van der Waals surface area contributed by atoms with E-state index in [0.29, 0.717) is 0 Å². The second-order valence-corrected chi connectivity index (χ2v) is 3.96. The number of aliphatic hydroxyl groups excluding tert-OH is 1. The van der Waals surface area contributed by atoms with E-state index in [1.165, 1.54) is 0 Å². The summed E-state index contributed by atoms with van der Waals surface area (Å²) in [5, 5.41) is 19.0. The zero-order valence-electron chi connectivity index (χ0n) is 7.97. The minimum atomic E-state index is -1.89. The number of carbonyl (C=O) groups excluding carboxylic acids is 1. The van der Waals surface area contributed by atoms with Gasteiger partial charge in [0.05, 0.1) is 7.11 Å². The van der Waals surface area contributed by atoms with Crippen molar-refractivity contribution >= 4 is 19.9 Å². The average molecular weight is 236 g/mol. The Hall–Kier alpha value is -1.46. The van der Waals surface area contributed by atoms with E-state index in [9.17, 15) is 14.2 Å². The van der Waals surface area contributed by atoms with Crippen molar-refractivity contribution in [2.24, 2.45) is 0 Å². The highest BCUT2D eigenvalue weighted by Crippen LogP contribution is 2.17. The van der Waals surface area contributed by atoms with Gasteiger partial charge in [0.25, 0.3) is 0 Å². The number of aliphatic hydroxyl groups is 1. The number of aliphatic carboxylic acids is 1. The first-order valence-electron chi connectivity index (χ1n) is 3.82. The maximum absolute atomic E-state index is 10.8. The molecule has 1 unspecified atom stereocenters. The summed E-state index contributed by atoms with van der Waals surface area (Å²) in [5.41, 5.74) is -0.432. The van der Waals surface area contributed by atoms with Crippen molar-refractivity contribution in [3.05, 3.63) is 11.8 Å². The molecule has 7 nitrogen and oxygen atoms in total. The molecule has 0 saturated carbocycles. The second kappa shape index (κ2) is 6.92. The molecule has 0 heterocycles. The summed E-state index contributed by atoms with van der Waals surface area (Å²) < 4.78 is 15.0. The lowest BCUT2D eigenvalue weighted by Crippen LogP contribution is -2.27. The van der Waals surface area contributed by atoms with Crippen LogP contribution in [0.2, 0.25) is 0 Å². The van der Waals surface area contributed by atoms with Gasteiger partial charge in [-0.15, -0.1) is 0 Å². The Kier molecular flexibility index (Phi) is 6.24. The van der Waals surface area contributed by atoms with Gasteiger partial charge in [0, 0.05) is 0 Å². The molecule has 0 aromatic carbocycles. The van der Waals surface area contributed by atoms with E-state index in [0.717, 1.165) is 13.2 Å². The number of methoxy groups -OCH3 is 1. The van der Waals surface area contributed by atoms with E-state index < -0.39 is 31.9 Å². The van der Waals surface area contributed by atoms with Crippen molar-refractivity contribution in [2.75, 3.05) is 19.6 Å². The zero-order valence-corrected chi connectivity index (χ0v) is 8.86. The highest BCUT2D eigenvalue weighted by atomic mass is 31.1. The Morgan fingerprint density at radius 1 is 1.53 bits per heavy atom. The average Bonchev–Trinajstić information content (AvgIpc) is 2.22. The fourth-order valence-corrected chi connectivity index (χ4v) is 1.11. The van der Waals surface area contributed by atoms with Gasteiger partial charge in [-0.2, -0.15) is 0 Å². The first-order valence-corrected chi connectivity index (χ1v) is 5.45. The van der Waals surface area contributed by atoms with Gasteiger partial charge in [-0.05, 0) is 6.08 Å². The number of carbonyl (C=O) groups is 2. The van der Waals surface area contributed by atoms with Gasteiger partial charge < -0.3 is 14.9 Å². The van der Waals surface area contributed by atoms with Crippen LogP contribution < -0.4 is 5.32 Å². The Bertz CT molecular complexity index is 300. The minimum absolute atomic E-state index is 0.128. The Morgan fingerprint density at radius 3 is 2.53 bits per heavy atom. The van der Waals surface area contributed by atoms with Gasteiger partial charge in [-0.3, -0.25) is 5.32 Å². The second-order valence-electron chi connectivity index (χ2n) is 2.35. The van der Waals surface area contributed by atoms with Gasteiger partial charge in [-0.1, -0.05) is 4.57 Å². The highest BCUT2D eigenvalue weighted by molar-refractivity contribution is 7.44. The molecule has 0 aliphatic carbocycles. The number of nitrogens with one attached hydrogen (secondary N) is 1. The van der Waals surface area contributed by atoms with E-state index >= 15 is 0 Å². The highest BCUT2D eigenvalue weighted by Gasteiger charge is 2.16. The number of hydrogen-bond acceptors (Lipinski definition) is 5. The fraction of sp³-hybridized carbons (Fsp3) is 0.429. The molecule has 0 bridgehead atoms. The predicted octanol–water partition coefficient (Wildman–Crippen LogP) is 0.0881. The zero-order chi connectivity index (χ0) is 11.8. The van der Waals surface area contributed by atoms with Crippen molar-refractivity contribution in [2.45, 2.75) is 0 Å². The van der Waals surface area contributed by atoms with Crippen LogP contribution in [-0.4, -0.2) is 41.9 Å². The smallest absolute Gasteiger partial charge is 0.411 e. The molecular weight excluding hydrogens is 225 g/mol. The van der Waals surface area contributed by atoms with Crippen molar-refractivity contribution in [3.63, 3.8) is 0 Å². The summed E-state index contributed by atoms with van der Waals surface area (Å²) in [6, 6.07) is 0. The van der Waals surface area contributed by atoms with Crippen LogP contribution in [0.3, 0.4) is 0 Å². The van der Waals surface area contributed by atoms with E-state index in [1.807, 2.05) is 5.32 Å². The van der Waals surface area contributed by atoms with Crippen LogP contribution in [0.4, 0.5) is 4.79 Å². The van der Waals surface area contributed by atoms with Crippen LogP contribution in [0.1, 0.15) is 0 Å². The van der Waals surface area contributed by atoms with Crippen LogP contribution in [0.15, 0.2) is 11.8 Å². The number of rotatable bonds is 5. The topological polar surface area (TPSA) is 113 Å². The van der Waals surface area contributed by atoms with Crippen molar-refractivity contribution < 1.29 is 29.1 Å². The van der Waals surface area contributed by atoms with Gasteiger partial charge in [0.15, 0.2) is 6.16 Å². The van der Waals surface area contributed by atoms with E-state index in [2.05, 4.69) is 4.74 Å². The minimum Gasteiger partial charge on any atom is -0.477 e. The fourth-order valence-electron chi connectivity index (χ4n) is 0.604. The van der Waals surface area contributed by atoms with Crippen LogP contribution in [0, 0.1) is 0 Å². The normalized spacial score (nSPS) is 11.9. The van der Waals surface area contributed by atoms with Gasteiger partial charge >= 0.3 is 19.9 Å². The van der Waals surface area contributed by atoms with E-state index in [1.54, 1.807) is 0 Å². The first-order chi connectivity index (χ1) is 7.01. The van der Waals surface area contributed by atoms with Crippen molar-refractivity contribution in [3.8, 4) is 0 Å². The Morgan fingerprint density at radius 2 is 2.13 bits per heavy atom. The van der Waals surface area contributed by atoms with Gasteiger partial charge in [-0.25, -0.2) is 9.59 Å². The van der Waals surface area contributed by atoms with Crippen molar-refractivity contribution in [1.29, 1.82) is 0 Å². The summed E-state index contributed by atoms with van der Waals surface area (Å²) in [5.74, 6) is -1.37. The Labute approximate surface area is 86.5 Å². The lowest BCUT2D eigenvalue weighted by molar-refractivity contribution is -0.133. The molecule has 0 aliphatic rings. The lowest BCUT2D eigenvalue weighted by Gasteiger charge is -2.02. The molecular formula is C7H11NO6P+. The van der Waals surface area contributed by atoms with E-state index in [4.69, 9.17) is 10.2 Å². The third-order valence-electron chi connectivity index (χ3n) is 1.31. The molecule has 1 amide bonds. The molecule has 0 aliphatic heterocycles. The SMILES string of the molecule is COC(=O)N/C(=C/C[P+](=O)CO)C(=O)O. The Balaban J connectivity index is 4.45. The molecule has 0 saturated heterocycles. The third kappa shape index (κ3) is 5.77. The molecule has 8 heteroatoms. The first kappa shape index (κ1) is 13.5. The number of ether oxygens (including phenoxy) is 1. The molecule has 0 radical (unpaired) electrons. The summed E-state index contributed by atoms with van der Waals surface area (Å²) in [4.78, 5) is 21.2. The molecule has 0 fully saturated rings. The van der Waals surface area contributed by atoms with Crippen LogP contribution in [0.5, 0.6) is 0 Å². The number of allylic oxidation sites excluding steroid dienone is 1. The quantitative estimate of drug-likeness (QED) is 0.460. The number of alkyl carbamates (subject to hydrolysis) is 1. The number of amides is 1. The molecule has 84 valence electrons. The molecule has 3 N–H and O–H groups in total. The van der Waals surface area contributed by atoms with Crippen molar-refractivity contribution in [1.82, 2.24) is 5.32 Å². The van der Waals surface area contributed by atoms with E-state index in [-0.39, 0.29) is 6.16 Å². The molecule has 0 spiro atoms. The number of carboxylic acid groups (broad SMARTS) is 1. The van der Waals surface area contributed by atoms with Crippen LogP contribution in [-0.2, 0) is 14.1 Å². The maximum Gasteiger partial charge on any atom is 0.411 e. The van der Waals surface area contributed by atoms with Crippen LogP contribution in [0.25, 0.3) is 0 Å².